The van der Waals surface area contributed by atoms with Crippen LogP contribution in [0.5, 0.6) is 0 Å². The van der Waals surface area contributed by atoms with Crippen molar-refractivity contribution in [1.29, 1.82) is 0 Å². The van der Waals surface area contributed by atoms with Gasteiger partial charge >= 0.3 is 0 Å². The molecule has 0 radical (unpaired) electrons. The molecule has 1 N–H and O–H groups in total. The van der Waals surface area contributed by atoms with E-state index in [9.17, 15) is 4.79 Å². The van der Waals surface area contributed by atoms with Gasteiger partial charge in [-0.25, -0.2) is 4.98 Å². The summed E-state index contributed by atoms with van der Waals surface area (Å²) in [6.45, 7) is 5.31. The van der Waals surface area contributed by atoms with Crippen molar-refractivity contribution in [3.8, 4) is 0 Å². The lowest BCUT2D eigenvalue weighted by Gasteiger charge is -2.31. The quantitative estimate of drug-likeness (QED) is 0.818. The molecule has 2 rings (SSSR count). The molecule has 3 nitrogen and oxygen atoms in total. The highest BCUT2D eigenvalue weighted by molar-refractivity contribution is 9.10. The van der Waals surface area contributed by atoms with Gasteiger partial charge in [0.05, 0.1) is 5.56 Å². The van der Waals surface area contributed by atoms with E-state index in [1.807, 2.05) is 0 Å². The monoisotopic (exact) mass is 338 g/mol. The van der Waals surface area contributed by atoms with Crippen LogP contribution in [0.2, 0.25) is 0 Å². The number of amides is 1. The molecule has 0 aliphatic heterocycles. The number of halogens is 1. The van der Waals surface area contributed by atoms with Gasteiger partial charge in [0.15, 0.2) is 0 Å². The zero-order valence-electron chi connectivity index (χ0n) is 12.3. The van der Waals surface area contributed by atoms with Crippen molar-refractivity contribution in [1.82, 2.24) is 10.3 Å². The zero-order valence-corrected chi connectivity index (χ0v) is 13.9. The summed E-state index contributed by atoms with van der Waals surface area (Å²) < 4.78 is 0.613. The predicted molar refractivity (Wildman–Crippen MR) is 84.6 cm³/mol. The largest absolute Gasteiger partial charge is 0.351 e. The number of rotatable bonds is 5. The molecule has 0 spiro atoms. The molecule has 1 aliphatic rings. The Balaban J connectivity index is 1.99. The predicted octanol–water partition coefficient (Wildman–Crippen LogP) is 4.18. The van der Waals surface area contributed by atoms with Crippen LogP contribution < -0.4 is 5.32 Å². The number of aromatic nitrogens is 1. The maximum Gasteiger partial charge on any atom is 0.254 e. The highest BCUT2D eigenvalue weighted by atomic mass is 79.9. The van der Waals surface area contributed by atoms with E-state index >= 15 is 0 Å². The average molecular weight is 339 g/mol. The Morgan fingerprint density at radius 2 is 2.15 bits per heavy atom. The van der Waals surface area contributed by atoms with Gasteiger partial charge in [-0.05, 0) is 58.7 Å². The summed E-state index contributed by atoms with van der Waals surface area (Å²) in [5.74, 6) is 0.648. The smallest absolute Gasteiger partial charge is 0.254 e. The normalized spacial score (nSPS) is 17.4. The number of hydrogen-bond acceptors (Lipinski definition) is 2. The molecule has 110 valence electrons. The molecule has 1 aliphatic carbocycles. The van der Waals surface area contributed by atoms with Crippen LogP contribution in [0.3, 0.4) is 0 Å². The summed E-state index contributed by atoms with van der Waals surface area (Å²) >= 11 is 3.33. The first-order chi connectivity index (χ1) is 9.52. The molecule has 4 heteroatoms. The van der Waals surface area contributed by atoms with Crippen molar-refractivity contribution in [3.63, 3.8) is 0 Å². The Bertz CT molecular complexity index is 467. The second-order valence-electron chi connectivity index (χ2n) is 6.33. The molecule has 1 aromatic heterocycles. The molecule has 1 saturated carbocycles. The minimum absolute atomic E-state index is 0.0278. The maximum absolute atomic E-state index is 12.3. The third kappa shape index (κ3) is 3.81. The molecule has 0 unspecified atom stereocenters. The van der Waals surface area contributed by atoms with Gasteiger partial charge in [0.2, 0.25) is 0 Å². The van der Waals surface area contributed by atoms with Crippen molar-refractivity contribution in [2.24, 2.45) is 11.3 Å². The summed E-state index contributed by atoms with van der Waals surface area (Å²) in [6, 6.07) is 3.59. The van der Waals surface area contributed by atoms with Gasteiger partial charge in [0.1, 0.15) is 4.60 Å². The average Bonchev–Trinajstić information content (AvgIpc) is 2.84. The maximum atomic E-state index is 12.3. The molecule has 1 fully saturated rings. The number of nitrogens with zero attached hydrogens (tertiary/aromatic N) is 1. The summed E-state index contributed by atoms with van der Waals surface area (Å²) in [6.07, 6.45) is 7.93. The Morgan fingerprint density at radius 1 is 1.45 bits per heavy atom. The second-order valence-corrected chi connectivity index (χ2v) is 7.08. The fraction of sp³-hybridized carbons (Fsp3) is 0.625. The van der Waals surface area contributed by atoms with Crippen LogP contribution in [-0.4, -0.2) is 17.4 Å². The Kier molecular flexibility index (Phi) is 5.19. The molecule has 0 saturated heterocycles. The number of hydrogen-bond donors (Lipinski definition) is 1. The van der Waals surface area contributed by atoms with Crippen LogP contribution >= 0.6 is 15.9 Å². The highest BCUT2D eigenvalue weighted by Gasteiger charge is 2.34. The summed E-state index contributed by atoms with van der Waals surface area (Å²) in [5, 5.41) is 3.12. The van der Waals surface area contributed by atoms with Gasteiger partial charge in [-0.2, -0.15) is 0 Å². The van der Waals surface area contributed by atoms with E-state index < -0.39 is 0 Å². The number of nitrogens with one attached hydrogen (secondary N) is 1. The zero-order chi connectivity index (χ0) is 14.6. The standard InChI is InChI=1S/C16H23BrN2O/c1-12(2)10-16(7-3-4-8-16)11-19-15(20)13-6-5-9-18-14(13)17/h5-6,9,12H,3-4,7-8,10-11H2,1-2H3,(H,19,20). The van der Waals surface area contributed by atoms with Crippen LogP contribution in [0.25, 0.3) is 0 Å². The van der Waals surface area contributed by atoms with E-state index in [-0.39, 0.29) is 5.91 Å². The minimum Gasteiger partial charge on any atom is -0.351 e. The van der Waals surface area contributed by atoms with Crippen molar-refractivity contribution in [3.05, 3.63) is 28.5 Å². The Hall–Kier alpha value is -0.900. The van der Waals surface area contributed by atoms with Crippen LogP contribution in [0.4, 0.5) is 0 Å². The lowest BCUT2D eigenvalue weighted by atomic mass is 9.78. The molecule has 0 atom stereocenters. The van der Waals surface area contributed by atoms with E-state index in [0.29, 0.717) is 21.5 Å². The van der Waals surface area contributed by atoms with Gasteiger partial charge in [-0.1, -0.05) is 26.7 Å². The van der Waals surface area contributed by atoms with Crippen molar-refractivity contribution < 1.29 is 4.79 Å². The lowest BCUT2D eigenvalue weighted by Crippen LogP contribution is -2.37. The molecular weight excluding hydrogens is 316 g/mol. The number of carbonyl (C=O) groups is 1. The lowest BCUT2D eigenvalue weighted by molar-refractivity contribution is 0.0920. The molecule has 0 aromatic carbocycles. The Labute approximate surface area is 129 Å². The fourth-order valence-electron chi connectivity index (χ4n) is 3.36. The summed E-state index contributed by atoms with van der Waals surface area (Å²) in [4.78, 5) is 16.4. The Morgan fingerprint density at radius 3 is 2.75 bits per heavy atom. The molecule has 1 aromatic rings. The molecule has 0 bridgehead atoms. The van der Waals surface area contributed by atoms with E-state index in [4.69, 9.17) is 0 Å². The van der Waals surface area contributed by atoms with E-state index in [2.05, 4.69) is 40.1 Å². The van der Waals surface area contributed by atoms with E-state index in [1.54, 1.807) is 18.3 Å². The molecule has 20 heavy (non-hydrogen) atoms. The molecular formula is C16H23BrN2O. The third-order valence-electron chi connectivity index (χ3n) is 4.13. The first-order valence-electron chi connectivity index (χ1n) is 7.41. The van der Waals surface area contributed by atoms with Crippen molar-refractivity contribution in [2.75, 3.05) is 6.54 Å². The first-order valence-corrected chi connectivity index (χ1v) is 8.20. The van der Waals surface area contributed by atoms with Crippen molar-refractivity contribution >= 4 is 21.8 Å². The SMILES string of the molecule is CC(C)CC1(CNC(=O)c2cccnc2Br)CCCC1. The van der Waals surface area contributed by atoms with Crippen LogP contribution in [0.15, 0.2) is 22.9 Å². The van der Waals surface area contributed by atoms with Gasteiger partial charge in [0.25, 0.3) is 5.91 Å². The fourth-order valence-corrected chi connectivity index (χ4v) is 3.79. The summed E-state index contributed by atoms with van der Waals surface area (Å²) in [7, 11) is 0. The van der Waals surface area contributed by atoms with Crippen LogP contribution in [0, 0.1) is 11.3 Å². The van der Waals surface area contributed by atoms with Crippen LogP contribution in [0.1, 0.15) is 56.3 Å². The number of carbonyl (C=O) groups excluding carboxylic acids is 1. The van der Waals surface area contributed by atoms with E-state index in [1.165, 1.54) is 32.1 Å². The highest BCUT2D eigenvalue weighted by Crippen LogP contribution is 2.42. The van der Waals surface area contributed by atoms with Crippen LogP contribution in [-0.2, 0) is 0 Å². The van der Waals surface area contributed by atoms with Gasteiger partial charge in [0, 0.05) is 12.7 Å². The molecule has 1 heterocycles. The molecule has 1 amide bonds. The number of pyridine rings is 1. The van der Waals surface area contributed by atoms with Gasteiger partial charge in [-0.3, -0.25) is 4.79 Å². The summed E-state index contributed by atoms with van der Waals surface area (Å²) in [5.41, 5.74) is 0.920. The van der Waals surface area contributed by atoms with Gasteiger partial charge < -0.3 is 5.32 Å². The van der Waals surface area contributed by atoms with E-state index in [0.717, 1.165) is 6.54 Å². The third-order valence-corrected chi connectivity index (χ3v) is 4.77. The van der Waals surface area contributed by atoms with Crippen molar-refractivity contribution in [2.45, 2.75) is 46.0 Å². The first kappa shape index (κ1) is 15.5. The topological polar surface area (TPSA) is 42.0 Å². The second kappa shape index (κ2) is 6.70. The minimum atomic E-state index is -0.0278. The van der Waals surface area contributed by atoms with Gasteiger partial charge in [-0.15, -0.1) is 0 Å².